The molecule has 2 amide bonds. The van der Waals surface area contributed by atoms with Crippen LogP contribution in [0.25, 0.3) is 11.1 Å². The molecule has 1 saturated carbocycles. The van der Waals surface area contributed by atoms with E-state index in [1.807, 2.05) is 62.6 Å². The number of carbonyl (C=O) groups is 2. The zero-order valence-electron chi connectivity index (χ0n) is 33.9. The molecule has 12 heteroatoms. The molecule has 3 fully saturated rings. The van der Waals surface area contributed by atoms with Gasteiger partial charge in [-0.1, -0.05) is 69.3 Å². The van der Waals surface area contributed by atoms with Gasteiger partial charge in [0.1, 0.15) is 11.8 Å². The molecule has 4 N–H and O–H groups in total. The zero-order valence-corrected chi connectivity index (χ0v) is 33.9. The number of aliphatic hydroxyl groups excluding tert-OH is 2. The molecule has 5 unspecified atom stereocenters. The summed E-state index contributed by atoms with van der Waals surface area (Å²) < 4.78 is 11.8. The molecule has 2 heterocycles. The van der Waals surface area contributed by atoms with Gasteiger partial charge in [-0.05, 0) is 80.4 Å². The van der Waals surface area contributed by atoms with E-state index in [0.717, 1.165) is 47.2 Å². The minimum atomic E-state index is -1.35. The number of methoxy groups -OCH3 is 1. The fourth-order valence-corrected chi connectivity index (χ4v) is 8.75. The fraction of sp³-hybridized carbons (Fsp3) is 0.545. The number of anilines is 1. The maximum Gasteiger partial charge on any atom is 0.251 e. The van der Waals surface area contributed by atoms with Gasteiger partial charge in [0.25, 0.3) is 5.91 Å². The Morgan fingerprint density at radius 2 is 1.80 bits per heavy atom. The number of hydrogen-bond donors (Lipinski definition) is 4. The van der Waals surface area contributed by atoms with Crippen molar-refractivity contribution in [2.45, 2.75) is 77.4 Å². The Labute approximate surface area is 332 Å². The summed E-state index contributed by atoms with van der Waals surface area (Å²) in [5.74, 6) is -0.431. The molecule has 304 valence electrons. The molecule has 3 aliphatic rings. The summed E-state index contributed by atoms with van der Waals surface area (Å²) >= 11 is 0. The molecule has 12 nitrogen and oxygen atoms in total. The molecule has 3 aromatic carbocycles. The zero-order chi connectivity index (χ0) is 40.0. The van der Waals surface area contributed by atoms with Gasteiger partial charge in [-0.15, -0.1) is 0 Å². The van der Waals surface area contributed by atoms with Crippen molar-refractivity contribution >= 4 is 17.5 Å². The molecule has 6 atom stereocenters. The van der Waals surface area contributed by atoms with Gasteiger partial charge < -0.3 is 40.1 Å². The monoisotopic (exact) mass is 771 g/mol. The predicted molar refractivity (Wildman–Crippen MR) is 217 cm³/mol. The minimum Gasteiger partial charge on any atom is -0.496 e. The van der Waals surface area contributed by atoms with E-state index in [4.69, 9.17) is 14.3 Å². The van der Waals surface area contributed by atoms with Crippen molar-refractivity contribution in [3.8, 4) is 16.9 Å². The lowest BCUT2D eigenvalue weighted by molar-refractivity contribution is -0.230. The molecule has 1 aliphatic carbocycles. The van der Waals surface area contributed by atoms with E-state index >= 15 is 0 Å². The van der Waals surface area contributed by atoms with Gasteiger partial charge in [0.2, 0.25) is 5.91 Å². The average molecular weight is 772 g/mol. The van der Waals surface area contributed by atoms with Crippen LogP contribution in [0.3, 0.4) is 0 Å². The van der Waals surface area contributed by atoms with Crippen LogP contribution in [0.4, 0.5) is 5.69 Å². The first kappa shape index (κ1) is 41.6. The highest BCUT2D eigenvalue weighted by Crippen LogP contribution is 2.40. The summed E-state index contributed by atoms with van der Waals surface area (Å²) in [5.41, 5.74) is 5.09. The van der Waals surface area contributed by atoms with Gasteiger partial charge in [-0.3, -0.25) is 14.4 Å². The van der Waals surface area contributed by atoms with E-state index in [-0.39, 0.29) is 41.8 Å². The van der Waals surface area contributed by atoms with Crippen LogP contribution in [0.2, 0.25) is 0 Å². The first-order chi connectivity index (χ1) is 26.8. The van der Waals surface area contributed by atoms with Crippen molar-refractivity contribution in [1.82, 2.24) is 20.6 Å². The first-order valence-electron chi connectivity index (χ1n) is 20.0. The number of rotatable bonds is 14. The molecule has 6 rings (SSSR count). The topological polar surface area (TPSA) is 136 Å². The molecule has 0 bridgehead atoms. The van der Waals surface area contributed by atoms with E-state index in [1.54, 1.807) is 7.11 Å². The lowest BCUT2D eigenvalue weighted by atomic mass is 9.70. The van der Waals surface area contributed by atoms with E-state index in [1.165, 1.54) is 5.06 Å². The number of ether oxygens (including phenoxy) is 2. The second kappa shape index (κ2) is 18.5. The molecule has 0 radical (unpaired) electrons. The van der Waals surface area contributed by atoms with Crippen LogP contribution in [0, 0.1) is 17.3 Å². The lowest BCUT2D eigenvalue weighted by Gasteiger charge is -2.40. The Bertz CT molecular complexity index is 1780. The van der Waals surface area contributed by atoms with Crippen LogP contribution in [-0.4, -0.2) is 117 Å². The van der Waals surface area contributed by atoms with E-state index in [2.05, 4.69) is 59.4 Å². The second-order valence-corrected chi connectivity index (χ2v) is 16.9. The van der Waals surface area contributed by atoms with Crippen molar-refractivity contribution in [3.05, 3.63) is 83.4 Å². The Morgan fingerprint density at radius 1 is 1.05 bits per heavy atom. The Hall–Kier alpha value is -4.04. The number of amides is 2. The van der Waals surface area contributed by atoms with E-state index < -0.39 is 24.9 Å². The van der Waals surface area contributed by atoms with Crippen LogP contribution in [0.1, 0.15) is 61.5 Å². The number of carbonyl (C=O) groups excluding carboxylic acids is 2. The largest absolute Gasteiger partial charge is 0.496 e. The molecule has 0 spiro atoms. The Kier molecular flexibility index (Phi) is 13.7. The first-order valence-corrected chi connectivity index (χ1v) is 20.0. The summed E-state index contributed by atoms with van der Waals surface area (Å²) in [5, 5.41) is 29.2. The van der Waals surface area contributed by atoms with Gasteiger partial charge in [-0.25, -0.2) is 0 Å². The summed E-state index contributed by atoms with van der Waals surface area (Å²) in [6, 6.07) is 20.8. The maximum absolute atomic E-state index is 14.2. The number of aliphatic hydroxyl groups is 2. The van der Waals surface area contributed by atoms with Gasteiger partial charge in [-0.2, -0.15) is 5.06 Å². The third kappa shape index (κ3) is 10.1. The molecular formula is C44H61N5O7. The lowest BCUT2D eigenvalue weighted by Crippen LogP contribution is -2.52. The third-order valence-electron chi connectivity index (χ3n) is 11.6. The molecular weight excluding hydrogens is 711 g/mol. The number of nitrogens with one attached hydrogen (secondary N) is 2. The molecule has 2 aliphatic heterocycles. The molecule has 0 aromatic heterocycles. The number of benzene rings is 3. The number of hydroxylamine groups is 2. The Balaban J connectivity index is 1.29. The molecule has 3 aromatic rings. The number of morpholine rings is 1. The smallest absolute Gasteiger partial charge is 0.251 e. The highest BCUT2D eigenvalue weighted by Gasteiger charge is 2.47. The number of hydrogen-bond acceptors (Lipinski definition) is 10. The highest BCUT2D eigenvalue weighted by atomic mass is 16.8. The Morgan fingerprint density at radius 3 is 2.48 bits per heavy atom. The SMILES string of the molecule is COc1c(CN2OC(O)C(CO)C2C(=O)N[C@H]2CCC(C)(C)CC2C)cccc1-c1cc(C(=O)NC(Cc2ccccc2)CN(C)C)cc(N2CCOCC2)c1. The summed E-state index contributed by atoms with van der Waals surface area (Å²) in [7, 11) is 5.61. The summed E-state index contributed by atoms with van der Waals surface area (Å²) in [6.45, 7) is 9.63. The second-order valence-electron chi connectivity index (χ2n) is 16.9. The van der Waals surface area contributed by atoms with Gasteiger partial charge in [0.05, 0.1) is 39.4 Å². The molecule has 2 saturated heterocycles. The highest BCUT2D eigenvalue weighted by molar-refractivity contribution is 5.97. The van der Waals surface area contributed by atoms with Gasteiger partial charge in [0, 0.05) is 54.1 Å². The maximum atomic E-state index is 14.2. The van der Waals surface area contributed by atoms with Crippen molar-refractivity contribution in [3.63, 3.8) is 0 Å². The number of para-hydroxylation sites is 1. The normalized spacial score (nSPS) is 24.5. The minimum absolute atomic E-state index is 0.00559. The van der Waals surface area contributed by atoms with E-state index in [9.17, 15) is 19.8 Å². The summed E-state index contributed by atoms with van der Waals surface area (Å²) in [4.78, 5) is 38.3. The van der Waals surface area contributed by atoms with Crippen LogP contribution >= 0.6 is 0 Å². The predicted octanol–water partition coefficient (Wildman–Crippen LogP) is 4.48. The third-order valence-corrected chi connectivity index (χ3v) is 11.6. The van der Waals surface area contributed by atoms with Crippen LogP contribution in [-0.2, 0) is 27.3 Å². The van der Waals surface area contributed by atoms with Crippen molar-refractivity contribution in [2.75, 3.05) is 65.6 Å². The van der Waals surface area contributed by atoms with Gasteiger partial charge in [0.15, 0.2) is 6.29 Å². The van der Waals surface area contributed by atoms with Crippen LogP contribution in [0.15, 0.2) is 66.7 Å². The quantitative estimate of drug-likeness (QED) is 0.186. The van der Waals surface area contributed by atoms with Crippen LogP contribution < -0.4 is 20.3 Å². The number of nitrogens with zero attached hydrogens (tertiary/aromatic N) is 3. The average Bonchev–Trinajstić information content (AvgIpc) is 3.50. The summed E-state index contributed by atoms with van der Waals surface area (Å²) in [6.07, 6.45) is 2.21. The van der Waals surface area contributed by atoms with Crippen molar-refractivity contribution in [1.29, 1.82) is 0 Å². The van der Waals surface area contributed by atoms with E-state index in [0.29, 0.717) is 50.6 Å². The number of likely N-dealkylation sites (N-methyl/N-ethyl adjacent to an activating group) is 1. The van der Waals surface area contributed by atoms with Crippen molar-refractivity contribution < 1.29 is 34.1 Å². The van der Waals surface area contributed by atoms with Crippen molar-refractivity contribution in [2.24, 2.45) is 17.3 Å². The fourth-order valence-electron chi connectivity index (χ4n) is 8.75. The standard InChI is InChI=1S/C44H61N5O7/c1-29-25-44(2,3)16-15-38(29)46-42(52)39-37(28-50)43(53)56-49(39)26-31-13-10-14-36(40(31)54-6)32-22-33(24-35(23-32)48-17-19-55-20-18-48)41(51)45-34(27-47(4)5)21-30-11-8-7-9-12-30/h7-14,22-24,29,34,37-39,43,50,53H,15-21,25-28H2,1-6H3,(H,45,51)(H,46,52)/t29?,34?,37?,38-,39?,43?/m0/s1. The van der Waals surface area contributed by atoms with Crippen LogP contribution in [0.5, 0.6) is 5.75 Å². The van der Waals surface area contributed by atoms with Gasteiger partial charge >= 0.3 is 0 Å². The molecule has 56 heavy (non-hydrogen) atoms.